The molecule has 0 radical (unpaired) electrons. The van der Waals surface area contributed by atoms with Crippen molar-refractivity contribution in [3.8, 4) is 11.3 Å². The number of aromatic nitrogens is 2. The lowest BCUT2D eigenvalue weighted by atomic mass is 9.86. The summed E-state index contributed by atoms with van der Waals surface area (Å²) in [4.78, 5) is 15.0. The number of nitrogens with zero attached hydrogens (tertiary/aromatic N) is 3. The molecule has 6 rings (SSSR count). The first-order chi connectivity index (χ1) is 18.7. The number of alkyl halides is 3. The third-order valence-corrected chi connectivity index (χ3v) is 8.41. The second kappa shape index (κ2) is 10.5. The summed E-state index contributed by atoms with van der Waals surface area (Å²) in [6.45, 7) is 5.24. The molecule has 2 N–H and O–H groups in total. The first-order valence-corrected chi connectivity index (χ1v) is 13.9. The highest BCUT2D eigenvalue weighted by Crippen LogP contribution is 2.48. The second-order valence-corrected chi connectivity index (χ2v) is 11.4. The van der Waals surface area contributed by atoms with E-state index in [-0.39, 0.29) is 48.7 Å². The van der Waals surface area contributed by atoms with Gasteiger partial charge < -0.3 is 24.3 Å². The van der Waals surface area contributed by atoms with Crippen molar-refractivity contribution in [3.05, 3.63) is 28.8 Å². The number of aliphatic hydroxyl groups is 1. The maximum absolute atomic E-state index is 14.4. The Bertz CT molecular complexity index is 1190. The summed E-state index contributed by atoms with van der Waals surface area (Å²) >= 11 is 0. The van der Waals surface area contributed by atoms with Gasteiger partial charge in [-0.15, -0.1) is 0 Å². The molecule has 12 heteroatoms. The number of furan rings is 1. The molecule has 2 aliphatic heterocycles. The number of halogens is 3. The number of nitrogens with one attached hydrogen (secondary N) is 1. The zero-order valence-corrected chi connectivity index (χ0v) is 22.0. The van der Waals surface area contributed by atoms with E-state index in [0.717, 1.165) is 44.3 Å². The standard InChI is InChI=1S/C27H35F3N4O5/c1-15-10-20-21(22(27(28,29)30)24(39-20)25(35)31-11-18-14-37-8-9-38-18)23-19(15)13-34(32-23)12-16-4-6-33(7-5-16)26(36)17-2-3-17/h13,15-18,26,36H,2-12,14H2,1H3,(H,31,35)/t15-,18-,26?/m1/s1. The Balaban J connectivity index is 1.21. The quantitative estimate of drug-likeness (QED) is 0.543. The first-order valence-electron chi connectivity index (χ1n) is 13.9. The van der Waals surface area contributed by atoms with Crippen LogP contribution in [0.2, 0.25) is 0 Å². The van der Waals surface area contributed by atoms with Crippen LogP contribution in [-0.2, 0) is 28.6 Å². The summed E-state index contributed by atoms with van der Waals surface area (Å²) in [5.74, 6) is -0.915. The topological polar surface area (TPSA) is 102 Å². The summed E-state index contributed by atoms with van der Waals surface area (Å²) in [7, 11) is 0. The maximum Gasteiger partial charge on any atom is 0.420 e. The lowest BCUT2D eigenvalue weighted by Gasteiger charge is -2.35. The van der Waals surface area contributed by atoms with E-state index in [1.165, 1.54) is 0 Å². The fourth-order valence-electron chi connectivity index (χ4n) is 6.07. The predicted molar refractivity (Wildman–Crippen MR) is 133 cm³/mol. The van der Waals surface area contributed by atoms with E-state index in [4.69, 9.17) is 13.9 Å². The van der Waals surface area contributed by atoms with Gasteiger partial charge in [0.1, 0.15) is 17.6 Å². The molecule has 4 heterocycles. The van der Waals surface area contributed by atoms with Crippen LogP contribution < -0.4 is 5.32 Å². The van der Waals surface area contributed by atoms with Gasteiger partial charge in [-0.25, -0.2) is 0 Å². The van der Waals surface area contributed by atoms with Gasteiger partial charge in [0, 0.05) is 44.4 Å². The average molecular weight is 553 g/mol. The third-order valence-electron chi connectivity index (χ3n) is 8.41. The van der Waals surface area contributed by atoms with E-state index in [1.54, 1.807) is 4.68 Å². The van der Waals surface area contributed by atoms with Crippen LogP contribution >= 0.6 is 0 Å². The van der Waals surface area contributed by atoms with Crippen LogP contribution in [0, 0.1) is 11.8 Å². The molecule has 214 valence electrons. The molecular weight excluding hydrogens is 517 g/mol. The van der Waals surface area contributed by atoms with Crippen LogP contribution in [0.4, 0.5) is 13.2 Å². The largest absolute Gasteiger partial charge is 0.455 e. The van der Waals surface area contributed by atoms with Gasteiger partial charge in [-0.2, -0.15) is 18.3 Å². The van der Waals surface area contributed by atoms with Gasteiger partial charge in [0.2, 0.25) is 5.76 Å². The van der Waals surface area contributed by atoms with Crippen LogP contribution in [0.1, 0.15) is 66.0 Å². The van der Waals surface area contributed by atoms with Crippen molar-refractivity contribution >= 4 is 5.91 Å². The van der Waals surface area contributed by atoms with Crippen molar-refractivity contribution in [3.63, 3.8) is 0 Å². The molecule has 3 fully saturated rings. The number of hydrogen-bond acceptors (Lipinski definition) is 7. The number of piperidine rings is 1. The van der Waals surface area contributed by atoms with E-state index in [9.17, 15) is 23.1 Å². The van der Waals surface area contributed by atoms with Gasteiger partial charge in [-0.1, -0.05) is 6.92 Å². The average Bonchev–Trinajstić information content (AvgIpc) is 3.56. The molecule has 2 aromatic rings. The summed E-state index contributed by atoms with van der Waals surface area (Å²) < 4.78 is 61.4. The van der Waals surface area contributed by atoms with Crippen LogP contribution in [0.15, 0.2) is 10.6 Å². The number of fused-ring (bicyclic) bond motifs is 3. The smallest absolute Gasteiger partial charge is 0.420 e. The minimum absolute atomic E-state index is 0.0221. The number of likely N-dealkylation sites (tertiary alicyclic amines) is 1. The Morgan fingerprint density at radius 2 is 2.00 bits per heavy atom. The minimum Gasteiger partial charge on any atom is -0.455 e. The molecule has 1 unspecified atom stereocenters. The molecular formula is C27H35F3N4O5. The van der Waals surface area contributed by atoms with Crippen LogP contribution in [0.3, 0.4) is 0 Å². The van der Waals surface area contributed by atoms with Gasteiger partial charge >= 0.3 is 6.18 Å². The normalized spacial score (nSPS) is 25.3. The van der Waals surface area contributed by atoms with Gasteiger partial charge in [0.05, 0.1) is 37.2 Å². The van der Waals surface area contributed by atoms with E-state index in [2.05, 4.69) is 15.3 Å². The van der Waals surface area contributed by atoms with E-state index in [1.807, 2.05) is 13.1 Å². The molecule has 4 aliphatic rings. The molecule has 0 spiro atoms. The van der Waals surface area contributed by atoms with Crippen molar-refractivity contribution in [1.82, 2.24) is 20.0 Å². The molecule has 0 aromatic carbocycles. The summed E-state index contributed by atoms with van der Waals surface area (Å²) in [5, 5.41) is 17.6. The maximum atomic E-state index is 14.4. The fraction of sp³-hybridized carbons (Fsp3) is 0.704. The predicted octanol–water partition coefficient (Wildman–Crippen LogP) is 3.41. The van der Waals surface area contributed by atoms with Gasteiger partial charge in [-0.05, 0) is 43.4 Å². The van der Waals surface area contributed by atoms with Crippen molar-refractivity contribution in [2.75, 3.05) is 39.5 Å². The number of ether oxygens (including phenoxy) is 2. The van der Waals surface area contributed by atoms with Crippen LogP contribution in [0.5, 0.6) is 0 Å². The van der Waals surface area contributed by atoms with Crippen molar-refractivity contribution in [2.45, 2.75) is 70.0 Å². The number of rotatable bonds is 7. The molecule has 3 atom stereocenters. The molecule has 2 aromatic heterocycles. The second-order valence-electron chi connectivity index (χ2n) is 11.4. The monoisotopic (exact) mass is 552 g/mol. The van der Waals surface area contributed by atoms with Gasteiger partial charge in [0.15, 0.2) is 0 Å². The third kappa shape index (κ3) is 5.48. The summed E-state index contributed by atoms with van der Waals surface area (Å²) in [5.41, 5.74) is -0.227. The highest BCUT2D eigenvalue weighted by atomic mass is 19.4. The van der Waals surface area contributed by atoms with Gasteiger partial charge in [0.25, 0.3) is 5.91 Å². The Morgan fingerprint density at radius 3 is 2.67 bits per heavy atom. The lowest BCUT2D eigenvalue weighted by Crippen LogP contribution is -2.43. The van der Waals surface area contributed by atoms with E-state index in [0.29, 0.717) is 31.6 Å². The molecule has 2 aliphatic carbocycles. The lowest BCUT2D eigenvalue weighted by molar-refractivity contribution is -0.137. The van der Waals surface area contributed by atoms with Gasteiger partial charge in [-0.3, -0.25) is 14.4 Å². The highest BCUT2D eigenvalue weighted by molar-refractivity contribution is 5.96. The summed E-state index contributed by atoms with van der Waals surface area (Å²) in [6, 6.07) is 0. The Labute approximate surface area is 224 Å². The van der Waals surface area contributed by atoms with E-state index < -0.39 is 29.5 Å². The number of amides is 1. The van der Waals surface area contributed by atoms with Crippen molar-refractivity contribution in [2.24, 2.45) is 11.8 Å². The molecule has 39 heavy (non-hydrogen) atoms. The SMILES string of the molecule is C[C@@H]1Cc2oc(C(=O)NC[C@@H]3COCCO3)c(C(F)(F)F)c2-c2nn(CC3CCN(C(O)C4CC4)CC3)cc21. The number of aliphatic hydroxyl groups excluding tert-OH is 1. The minimum atomic E-state index is -4.80. The zero-order chi connectivity index (χ0) is 27.3. The number of carbonyl (C=O) groups is 1. The Morgan fingerprint density at radius 1 is 1.23 bits per heavy atom. The highest BCUT2D eigenvalue weighted by Gasteiger charge is 2.46. The first kappa shape index (κ1) is 26.8. The number of hydrogen-bond donors (Lipinski definition) is 2. The summed E-state index contributed by atoms with van der Waals surface area (Å²) in [6.07, 6.45) is 0.479. The Hall–Kier alpha value is -2.41. The van der Waals surface area contributed by atoms with E-state index >= 15 is 0 Å². The molecule has 0 bridgehead atoms. The molecule has 2 saturated heterocycles. The van der Waals surface area contributed by atoms with Crippen LogP contribution in [-0.4, -0.2) is 77.5 Å². The van der Waals surface area contributed by atoms with Crippen molar-refractivity contribution < 1.29 is 37.0 Å². The molecule has 1 saturated carbocycles. The van der Waals surface area contributed by atoms with Crippen molar-refractivity contribution in [1.29, 1.82) is 0 Å². The number of carbonyl (C=O) groups excluding carboxylic acids is 1. The molecule has 1 amide bonds. The Kier molecular flexibility index (Phi) is 7.23. The van der Waals surface area contributed by atoms with Crippen LogP contribution in [0.25, 0.3) is 11.3 Å². The molecule has 9 nitrogen and oxygen atoms in total. The fourth-order valence-corrected chi connectivity index (χ4v) is 6.07. The zero-order valence-electron chi connectivity index (χ0n) is 22.0.